The lowest BCUT2D eigenvalue weighted by Crippen LogP contribution is -2.38. The fourth-order valence-electron chi connectivity index (χ4n) is 3.97. The fourth-order valence-corrected chi connectivity index (χ4v) is 5.38. The van der Waals surface area contributed by atoms with E-state index < -0.39 is 10.0 Å². The summed E-state index contributed by atoms with van der Waals surface area (Å²) in [5.41, 5.74) is 1.42. The number of carbonyl (C=O) groups is 1. The highest BCUT2D eigenvalue weighted by atomic mass is 32.2. The molecule has 0 saturated heterocycles. The molecule has 1 aliphatic carbocycles. The molecular formula is C23H27N5O3S. The lowest BCUT2D eigenvalue weighted by atomic mass is 9.96. The summed E-state index contributed by atoms with van der Waals surface area (Å²) < 4.78 is 29.1. The molecule has 0 aliphatic heterocycles. The summed E-state index contributed by atoms with van der Waals surface area (Å²) in [7, 11) is -1.94. The standard InChI is InChI=1S/C23H27N5O3S/c1-27(20-5-3-2-4-6-20)32(30,31)21-9-7-19(8-10-21)23(29)25-22-13-16-28(26-22)17-18-11-14-24-15-12-18/h7-16,20H,2-6,17H2,1H3,(H,25,26,29). The van der Waals surface area contributed by atoms with Crippen LogP contribution in [0.15, 0.2) is 66.0 Å². The Labute approximate surface area is 188 Å². The van der Waals surface area contributed by atoms with Crippen LogP contribution in [0.3, 0.4) is 0 Å². The highest BCUT2D eigenvalue weighted by Gasteiger charge is 2.29. The molecule has 9 heteroatoms. The topological polar surface area (TPSA) is 97.2 Å². The Morgan fingerprint density at radius 2 is 1.75 bits per heavy atom. The van der Waals surface area contributed by atoms with E-state index in [1.807, 2.05) is 12.1 Å². The van der Waals surface area contributed by atoms with Crippen molar-refractivity contribution >= 4 is 21.7 Å². The quantitative estimate of drug-likeness (QED) is 0.590. The van der Waals surface area contributed by atoms with Gasteiger partial charge in [0, 0.05) is 43.3 Å². The Morgan fingerprint density at radius 3 is 2.44 bits per heavy atom. The number of carbonyl (C=O) groups excluding carboxylic acids is 1. The largest absolute Gasteiger partial charge is 0.305 e. The van der Waals surface area contributed by atoms with Gasteiger partial charge in [-0.25, -0.2) is 8.42 Å². The van der Waals surface area contributed by atoms with Crippen molar-refractivity contribution in [3.05, 3.63) is 72.2 Å². The van der Waals surface area contributed by atoms with Gasteiger partial charge in [0.05, 0.1) is 11.4 Å². The number of sulfonamides is 1. The van der Waals surface area contributed by atoms with Crippen LogP contribution in [0.2, 0.25) is 0 Å². The zero-order valence-electron chi connectivity index (χ0n) is 18.0. The van der Waals surface area contributed by atoms with Crippen molar-refractivity contribution in [2.75, 3.05) is 12.4 Å². The Balaban J connectivity index is 1.40. The minimum absolute atomic E-state index is 0.0407. The van der Waals surface area contributed by atoms with Crippen molar-refractivity contribution in [1.82, 2.24) is 19.1 Å². The summed E-state index contributed by atoms with van der Waals surface area (Å²) in [6.07, 6.45) is 10.3. The van der Waals surface area contributed by atoms with Gasteiger partial charge in [-0.2, -0.15) is 9.40 Å². The maximum absolute atomic E-state index is 13.0. The van der Waals surface area contributed by atoms with Crippen molar-refractivity contribution in [3.8, 4) is 0 Å². The van der Waals surface area contributed by atoms with E-state index in [-0.39, 0.29) is 16.8 Å². The number of rotatable bonds is 7. The van der Waals surface area contributed by atoms with Gasteiger partial charge in [0.2, 0.25) is 10.0 Å². The van der Waals surface area contributed by atoms with Gasteiger partial charge in [-0.3, -0.25) is 14.5 Å². The number of amides is 1. The smallest absolute Gasteiger partial charge is 0.256 e. The van der Waals surface area contributed by atoms with Gasteiger partial charge < -0.3 is 5.32 Å². The number of nitrogens with one attached hydrogen (secondary N) is 1. The minimum Gasteiger partial charge on any atom is -0.305 e. The molecule has 1 fully saturated rings. The molecule has 1 amide bonds. The second-order valence-corrected chi connectivity index (χ2v) is 10.0. The highest BCUT2D eigenvalue weighted by Crippen LogP contribution is 2.26. The maximum Gasteiger partial charge on any atom is 0.256 e. The van der Waals surface area contributed by atoms with Crippen LogP contribution >= 0.6 is 0 Å². The number of aromatic nitrogens is 3. The van der Waals surface area contributed by atoms with Gasteiger partial charge in [-0.05, 0) is 54.8 Å². The first kappa shape index (κ1) is 22.2. The average Bonchev–Trinajstić information content (AvgIpc) is 3.26. The number of anilines is 1. The van der Waals surface area contributed by atoms with Crippen LogP contribution in [-0.2, 0) is 16.6 Å². The molecule has 2 heterocycles. The molecule has 32 heavy (non-hydrogen) atoms. The SMILES string of the molecule is CN(C1CCCCC1)S(=O)(=O)c1ccc(C(=O)Nc2ccn(Cc3ccncc3)n2)cc1. The molecule has 8 nitrogen and oxygen atoms in total. The van der Waals surface area contributed by atoms with Gasteiger partial charge in [0.25, 0.3) is 5.91 Å². The van der Waals surface area contributed by atoms with E-state index >= 15 is 0 Å². The molecule has 0 atom stereocenters. The second-order valence-electron chi connectivity index (χ2n) is 8.05. The highest BCUT2D eigenvalue weighted by molar-refractivity contribution is 7.89. The van der Waals surface area contributed by atoms with E-state index in [0.717, 1.165) is 37.7 Å². The summed E-state index contributed by atoms with van der Waals surface area (Å²) in [6.45, 7) is 0.569. The molecule has 0 unspecified atom stereocenters. The van der Waals surface area contributed by atoms with Crippen molar-refractivity contribution in [2.45, 2.75) is 49.6 Å². The minimum atomic E-state index is -3.58. The van der Waals surface area contributed by atoms with Crippen LogP contribution in [0.5, 0.6) is 0 Å². The van der Waals surface area contributed by atoms with E-state index in [9.17, 15) is 13.2 Å². The normalized spacial score (nSPS) is 15.1. The van der Waals surface area contributed by atoms with Crippen molar-refractivity contribution in [1.29, 1.82) is 0 Å². The van der Waals surface area contributed by atoms with Crippen LogP contribution < -0.4 is 5.32 Å². The predicted octanol–water partition coefficient (Wildman–Crippen LogP) is 3.53. The van der Waals surface area contributed by atoms with Crippen molar-refractivity contribution in [3.63, 3.8) is 0 Å². The molecule has 3 aromatic rings. The average molecular weight is 454 g/mol. The Morgan fingerprint density at radius 1 is 1.06 bits per heavy atom. The summed E-state index contributed by atoms with van der Waals surface area (Å²) in [5, 5.41) is 7.12. The molecule has 4 rings (SSSR count). The van der Waals surface area contributed by atoms with E-state index in [1.54, 1.807) is 36.4 Å². The first-order valence-corrected chi connectivity index (χ1v) is 12.2. The number of pyridine rings is 1. The van der Waals surface area contributed by atoms with Crippen LogP contribution in [-0.4, -0.2) is 46.5 Å². The van der Waals surface area contributed by atoms with Crippen molar-refractivity contribution in [2.24, 2.45) is 0 Å². The van der Waals surface area contributed by atoms with Gasteiger partial charge in [-0.15, -0.1) is 0 Å². The molecule has 1 saturated carbocycles. The van der Waals surface area contributed by atoms with Crippen LogP contribution in [0.1, 0.15) is 48.0 Å². The number of hydrogen-bond acceptors (Lipinski definition) is 5. The number of hydrogen-bond donors (Lipinski definition) is 1. The third-order valence-electron chi connectivity index (χ3n) is 5.86. The van der Waals surface area contributed by atoms with Crippen LogP contribution in [0.4, 0.5) is 5.82 Å². The third-order valence-corrected chi connectivity index (χ3v) is 7.78. The van der Waals surface area contributed by atoms with E-state index in [4.69, 9.17) is 0 Å². The van der Waals surface area contributed by atoms with Crippen molar-refractivity contribution < 1.29 is 13.2 Å². The van der Waals surface area contributed by atoms with E-state index in [1.165, 1.54) is 28.6 Å². The molecule has 0 radical (unpaired) electrons. The lowest BCUT2D eigenvalue weighted by Gasteiger charge is -2.30. The lowest BCUT2D eigenvalue weighted by molar-refractivity contribution is 0.102. The molecule has 1 aliphatic rings. The Hall–Kier alpha value is -3.04. The molecule has 1 aromatic carbocycles. The van der Waals surface area contributed by atoms with Crippen LogP contribution in [0, 0.1) is 0 Å². The predicted molar refractivity (Wildman–Crippen MR) is 122 cm³/mol. The van der Waals surface area contributed by atoms with Gasteiger partial charge in [0.1, 0.15) is 0 Å². The van der Waals surface area contributed by atoms with E-state index in [2.05, 4.69) is 15.4 Å². The number of nitrogens with zero attached hydrogens (tertiary/aromatic N) is 4. The van der Waals surface area contributed by atoms with E-state index in [0.29, 0.717) is 17.9 Å². The third kappa shape index (κ3) is 5.05. The maximum atomic E-state index is 13.0. The molecule has 2 aromatic heterocycles. The first-order chi connectivity index (χ1) is 15.4. The summed E-state index contributed by atoms with van der Waals surface area (Å²) >= 11 is 0. The fraction of sp³-hybridized carbons (Fsp3) is 0.348. The molecule has 168 valence electrons. The number of benzene rings is 1. The van der Waals surface area contributed by atoms with Gasteiger partial charge in [-0.1, -0.05) is 19.3 Å². The summed E-state index contributed by atoms with van der Waals surface area (Å²) in [6, 6.07) is 11.6. The zero-order chi connectivity index (χ0) is 22.6. The summed E-state index contributed by atoms with van der Waals surface area (Å²) in [4.78, 5) is 16.8. The van der Waals surface area contributed by atoms with Gasteiger partial charge in [0.15, 0.2) is 5.82 Å². The molecular weight excluding hydrogens is 426 g/mol. The molecule has 1 N–H and O–H groups in total. The van der Waals surface area contributed by atoms with Crippen LogP contribution in [0.25, 0.3) is 0 Å². The Kier molecular flexibility index (Phi) is 6.66. The molecule has 0 bridgehead atoms. The first-order valence-electron chi connectivity index (χ1n) is 10.8. The Bertz CT molecular complexity index is 1150. The summed E-state index contributed by atoms with van der Waals surface area (Å²) in [5.74, 6) is 0.0848. The zero-order valence-corrected chi connectivity index (χ0v) is 18.8. The second kappa shape index (κ2) is 9.62. The van der Waals surface area contributed by atoms with Gasteiger partial charge >= 0.3 is 0 Å². The molecule has 0 spiro atoms. The monoisotopic (exact) mass is 453 g/mol.